The van der Waals surface area contributed by atoms with E-state index in [2.05, 4.69) is 41.9 Å². The Hall–Kier alpha value is 0.0500. The highest BCUT2D eigenvalue weighted by Crippen LogP contribution is 2.25. The molecule has 4 nitrogen and oxygen atoms in total. The van der Waals surface area contributed by atoms with Crippen LogP contribution in [0.15, 0.2) is 32.0 Å². The summed E-state index contributed by atoms with van der Waals surface area (Å²) in [7, 11) is -3.45. The molecule has 0 radical (unpaired) electrons. The van der Waals surface area contributed by atoms with Gasteiger partial charge in [-0.15, -0.1) is 0 Å². The van der Waals surface area contributed by atoms with Crippen molar-refractivity contribution in [3.8, 4) is 0 Å². The van der Waals surface area contributed by atoms with Crippen molar-refractivity contribution >= 4 is 41.9 Å². The SMILES string of the molecule is O=S(=O)(NCCCNC1CC1)c1cc(Br)ccc1Br. The van der Waals surface area contributed by atoms with Crippen LogP contribution in [0.3, 0.4) is 0 Å². The van der Waals surface area contributed by atoms with Crippen molar-refractivity contribution in [2.24, 2.45) is 0 Å². The lowest BCUT2D eigenvalue weighted by molar-refractivity contribution is 0.573. The Morgan fingerprint density at radius 2 is 1.95 bits per heavy atom. The fourth-order valence-electron chi connectivity index (χ4n) is 1.65. The van der Waals surface area contributed by atoms with Gasteiger partial charge in [0.2, 0.25) is 10.0 Å². The van der Waals surface area contributed by atoms with Gasteiger partial charge < -0.3 is 5.32 Å². The fourth-order valence-corrected chi connectivity index (χ4v) is 4.22. The second kappa shape index (κ2) is 6.67. The van der Waals surface area contributed by atoms with Gasteiger partial charge in [0.05, 0.1) is 4.90 Å². The normalized spacial score (nSPS) is 15.7. The molecule has 0 amide bonds. The zero-order valence-electron chi connectivity index (χ0n) is 10.3. The van der Waals surface area contributed by atoms with Gasteiger partial charge in [0.25, 0.3) is 0 Å². The Kier molecular flexibility index (Phi) is 5.42. The molecule has 19 heavy (non-hydrogen) atoms. The van der Waals surface area contributed by atoms with Crippen molar-refractivity contribution in [1.82, 2.24) is 10.0 Å². The van der Waals surface area contributed by atoms with Crippen LogP contribution in [0.2, 0.25) is 0 Å². The molecule has 0 unspecified atom stereocenters. The van der Waals surface area contributed by atoms with E-state index in [0.717, 1.165) is 17.4 Å². The van der Waals surface area contributed by atoms with Gasteiger partial charge in [-0.05, 0) is 59.9 Å². The number of nitrogens with one attached hydrogen (secondary N) is 2. The van der Waals surface area contributed by atoms with Gasteiger partial charge in [0.15, 0.2) is 0 Å². The lowest BCUT2D eigenvalue weighted by Gasteiger charge is -2.09. The second-order valence-electron chi connectivity index (χ2n) is 4.55. The summed E-state index contributed by atoms with van der Waals surface area (Å²) in [6.07, 6.45) is 3.29. The van der Waals surface area contributed by atoms with E-state index < -0.39 is 10.0 Å². The molecule has 1 saturated carbocycles. The Morgan fingerprint density at radius 3 is 2.63 bits per heavy atom. The Labute approximate surface area is 130 Å². The molecule has 7 heteroatoms. The first-order chi connectivity index (χ1) is 8.99. The lowest BCUT2D eigenvalue weighted by Crippen LogP contribution is -2.28. The van der Waals surface area contributed by atoms with Crippen molar-refractivity contribution in [2.45, 2.75) is 30.2 Å². The molecule has 1 aliphatic carbocycles. The van der Waals surface area contributed by atoms with Gasteiger partial charge in [0.1, 0.15) is 0 Å². The molecule has 106 valence electrons. The predicted molar refractivity (Wildman–Crippen MR) is 82.7 cm³/mol. The summed E-state index contributed by atoms with van der Waals surface area (Å²) in [4.78, 5) is 0.261. The number of sulfonamides is 1. The molecular formula is C12H16Br2N2O2S. The van der Waals surface area contributed by atoms with E-state index in [1.54, 1.807) is 18.2 Å². The number of rotatable bonds is 7. The highest BCUT2D eigenvalue weighted by Gasteiger charge is 2.20. The molecule has 0 heterocycles. The maximum atomic E-state index is 12.1. The number of benzene rings is 1. The third kappa shape index (κ3) is 4.82. The standard InChI is InChI=1S/C12H16Br2N2O2S/c13-9-2-5-11(14)12(8-9)19(17,18)16-7-1-6-15-10-3-4-10/h2,5,8,10,15-16H,1,3-4,6-7H2. The first kappa shape index (κ1) is 15.4. The highest BCUT2D eigenvalue weighted by molar-refractivity contribution is 9.11. The molecule has 0 aliphatic heterocycles. The summed E-state index contributed by atoms with van der Waals surface area (Å²) in [6, 6.07) is 5.76. The minimum absolute atomic E-state index is 0.261. The molecule has 0 bridgehead atoms. The first-order valence-corrected chi connectivity index (χ1v) is 9.24. The maximum absolute atomic E-state index is 12.1. The summed E-state index contributed by atoms with van der Waals surface area (Å²) in [5, 5.41) is 3.35. The fraction of sp³-hybridized carbons (Fsp3) is 0.500. The van der Waals surface area contributed by atoms with Gasteiger partial charge in [-0.2, -0.15) is 0 Å². The highest BCUT2D eigenvalue weighted by atomic mass is 79.9. The zero-order chi connectivity index (χ0) is 13.9. The van der Waals surface area contributed by atoms with E-state index in [0.29, 0.717) is 17.1 Å². The molecule has 0 atom stereocenters. The molecule has 2 N–H and O–H groups in total. The van der Waals surface area contributed by atoms with Crippen molar-refractivity contribution < 1.29 is 8.42 Å². The summed E-state index contributed by atoms with van der Waals surface area (Å²) in [5.74, 6) is 0. The van der Waals surface area contributed by atoms with Crippen LogP contribution in [0.1, 0.15) is 19.3 Å². The predicted octanol–water partition coefficient (Wildman–Crippen LogP) is 2.63. The average Bonchev–Trinajstić information content (AvgIpc) is 3.15. The minimum Gasteiger partial charge on any atom is -0.314 e. The van der Waals surface area contributed by atoms with Crippen molar-refractivity contribution in [2.75, 3.05) is 13.1 Å². The summed E-state index contributed by atoms with van der Waals surface area (Å²) < 4.78 is 28.2. The van der Waals surface area contributed by atoms with Gasteiger partial charge >= 0.3 is 0 Å². The van der Waals surface area contributed by atoms with E-state index in [1.807, 2.05) is 0 Å². The molecule has 1 fully saturated rings. The van der Waals surface area contributed by atoms with E-state index >= 15 is 0 Å². The lowest BCUT2D eigenvalue weighted by atomic mass is 10.4. The second-order valence-corrected chi connectivity index (χ2v) is 8.06. The first-order valence-electron chi connectivity index (χ1n) is 6.17. The summed E-state index contributed by atoms with van der Waals surface area (Å²) in [6.45, 7) is 1.30. The molecule has 1 aromatic carbocycles. The molecular weight excluding hydrogens is 396 g/mol. The van der Waals surface area contributed by atoms with E-state index in [4.69, 9.17) is 0 Å². The van der Waals surface area contributed by atoms with Crippen LogP contribution in [-0.4, -0.2) is 27.5 Å². The van der Waals surface area contributed by atoms with Crippen molar-refractivity contribution in [3.05, 3.63) is 27.1 Å². The largest absolute Gasteiger partial charge is 0.314 e. The summed E-state index contributed by atoms with van der Waals surface area (Å²) >= 11 is 6.55. The van der Waals surface area contributed by atoms with Gasteiger partial charge in [0, 0.05) is 21.5 Å². The molecule has 0 spiro atoms. The van der Waals surface area contributed by atoms with Crippen LogP contribution in [0.25, 0.3) is 0 Å². The maximum Gasteiger partial charge on any atom is 0.241 e. The average molecular weight is 412 g/mol. The van der Waals surface area contributed by atoms with Gasteiger partial charge in [-0.1, -0.05) is 15.9 Å². The smallest absolute Gasteiger partial charge is 0.241 e. The third-order valence-electron chi connectivity index (χ3n) is 2.84. The topological polar surface area (TPSA) is 58.2 Å². The van der Waals surface area contributed by atoms with Gasteiger partial charge in [-0.25, -0.2) is 13.1 Å². The van der Waals surface area contributed by atoms with Crippen LogP contribution < -0.4 is 10.0 Å². The van der Waals surface area contributed by atoms with E-state index in [-0.39, 0.29) is 4.90 Å². The number of hydrogen-bond donors (Lipinski definition) is 2. The van der Waals surface area contributed by atoms with Gasteiger partial charge in [-0.3, -0.25) is 0 Å². The monoisotopic (exact) mass is 410 g/mol. The number of halogens is 2. The van der Waals surface area contributed by atoms with Crippen LogP contribution in [0.5, 0.6) is 0 Å². The Balaban J connectivity index is 1.87. The molecule has 1 aromatic rings. The minimum atomic E-state index is -3.45. The van der Waals surface area contributed by atoms with Crippen LogP contribution in [-0.2, 0) is 10.0 Å². The van der Waals surface area contributed by atoms with Crippen LogP contribution in [0.4, 0.5) is 0 Å². The zero-order valence-corrected chi connectivity index (χ0v) is 14.3. The van der Waals surface area contributed by atoms with Crippen LogP contribution in [0, 0.1) is 0 Å². The number of hydrogen-bond acceptors (Lipinski definition) is 3. The summed E-state index contributed by atoms with van der Waals surface area (Å²) in [5.41, 5.74) is 0. The Bertz CT molecular complexity index is 545. The van der Waals surface area contributed by atoms with E-state index in [1.165, 1.54) is 12.8 Å². The van der Waals surface area contributed by atoms with E-state index in [9.17, 15) is 8.42 Å². The van der Waals surface area contributed by atoms with Crippen molar-refractivity contribution in [3.63, 3.8) is 0 Å². The van der Waals surface area contributed by atoms with Crippen LogP contribution >= 0.6 is 31.9 Å². The molecule has 0 aromatic heterocycles. The Morgan fingerprint density at radius 1 is 1.21 bits per heavy atom. The quantitative estimate of drug-likeness (QED) is 0.678. The molecule has 2 rings (SSSR count). The van der Waals surface area contributed by atoms with Crippen molar-refractivity contribution in [1.29, 1.82) is 0 Å². The molecule has 0 saturated heterocycles. The third-order valence-corrected chi connectivity index (χ3v) is 5.79. The molecule has 1 aliphatic rings.